The molecular weight excluding hydrogens is 356 g/mol. The molecule has 0 radical (unpaired) electrons. The van der Waals surface area contributed by atoms with Crippen molar-refractivity contribution in [3.8, 4) is 5.75 Å². The number of carbonyl (C=O) groups is 2. The lowest BCUT2D eigenvalue weighted by Crippen LogP contribution is -2.34. The van der Waals surface area contributed by atoms with E-state index in [-0.39, 0.29) is 18.1 Å². The molecule has 2 N–H and O–H groups in total. The van der Waals surface area contributed by atoms with Gasteiger partial charge in [0.2, 0.25) is 0 Å². The summed E-state index contributed by atoms with van der Waals surface area (Å²) in [5, 5.41) is 5.45. The first-order chi connectivity index (χ1) is 13.7. The lowest BCUT2D eigenvalue weighted by atomic mass is 10.2. The Bertz CT molecular complexity index is 963. The Kier molecular flexibility index (Phi) is 6.25. The zero-order valence-electron chi connectivity index (χ0n) is 15.3. The van der Waals surface area contributed by atoms with Crippen molar-refractivity contribution < 1.29 is 18.7 Å². The van der Waals surface area contributed by atoms with Crippen LogP contribution in [0.1, 0.15) is 21.7 Å². The van der Waals surface area contributed by atoms with Crippen LogP contribution >= 0.6 is 0 Å². The van der Waals surface area contributed by atoms with Crippen molar-refractivity contribution in [3.63, 3.8) is 0 Å². The summed E-state index contributed by atoms with van der Waals surface area (Å²) in [6, 6.07) is 19.5. The second kappa shape index (κ2) is 9.23. The van der Waals surface area contributed by atoms with Crippen LogP contribution in [0.3, 0.4) is 0 Å². The van der Waals surface area contributed by atoms with Gasteiger partial charge >= 0.3 is 0 Å². The van der Waals surface area contributed by atoms with Gasteiger partial charge in [0.05, 0.1) is 13.4 Å². The van der Waals surface area contributed by atoms with Crippen molar-refractivity contribution >= 4 is 17.9 Å². The van der Waals surface area contributed by atoms with Gasteiger partial charge in [-0.05, 0) is 30.3 Å². The molecule has 0 bridgehead atoms. The first kappa shape index (κ1) is 19.0. The topological polar surface area (TPSA) is 80.6 Å². The molecule has 3 rings (SSSR count). The summed E-state index contributed by atoms with van der Waals surface area (Å²) < 4.78 is 10.6. The number of carbonyl (C=O) groups excluding carboxylic acids is 2. The van der Waals surface area contributed by atoms with Crippen LogP contribution in [0, 0.1) is 0 Å². The molecule has 6 heteroatoms. The van der Waals surface area contributed by atoms with Crippen molar-refractivity contribution in [2.45, 2.75) is 6.54 Å². The highest BCUT2D eigenvalue weighted by Crippen LogP contribution is 2.17. The molecule has 0 atom stereocenters. The minimum absolute atomic E-state index is 0.0821. The van der Waals surface area contributed by atoms with Crippen LogP contribution in [0.25, 0.3) is 6.08 Å². The normalized spacial score (nSPS) is 11.0. The van der Waals surface area contributed by atoms with Gasteiger partial charge in [0, 0.05) is 23.7 Å². The largest absolute Gasteiger partial charge is 0.496 e. The minimum Gasteiger partial charge on any atom is -0.496 e. The molecule has 3 aromatic rings. The summed E-state index contributed by atoms with van der Waals surface area (Å²) in [4.78, 5) is 25.2. The van der Waals surface area contributed by atoms with Crippen molar-refractivity contribution in [2.75, 3.05) is 7.11 Å². The maximum atomic E-state index is 12.7. The van der Waals surface area contributed by atoms with Crippen LogP contribution in [0.15, 0.2) is 83.1 Å². The molecule has 0 saturated carbocycles. The Morgan fingerprint density at radius 1 is 1.00 bits per heavy atom. The van der Waals surface area contributed by atoms with E-state index in [1.54, 1.807) is 43.5 Å². The SMILES string of the molecule is COc1ccccc1CNC(=O)C(=Cc1ccco1)NC(=O)c1ccccc1. The summed E-state index contributed by atoms with van der Waals surface area (Å²) in [7, 11) is 1.57. The average Bonchev–Trinajstić information content (AvgIpc) is 3.25. The summed E-state index contributed by atoms with van der Waals surface area (Å²) in [5.41, 5.74) is 1.36. The quantitative estimate of drug-likeness (QED) is 0.620. The number of hydrogen-bond donors (Lipinski definition) is 2. The second-order valence-electron chi connectivity index (χ2n) is 5.89. The van der Waals surface area contributed by atoms with Crippen molar-refractivity contribution in [3.05, 3.63) is 95.6 Å². The minimum atomic E-state index is -0.438. The van der Waals surface area contributed by atoms with Gasteiger partial charge < -0.3 is 19.8 Å². The first-order valence-corrected chi connectivity index (χ1v) is 8.69. The summed E-state index contributed by atoms with van der Waals surface area (Å²) in [6.07, 6.45) is 2.98. The van der Waals surface area contributed by atoms with E-state index in [0.717, 1.165) is 5.56 Å². The van der Waals surface area contributed by atoms with Gasteiger partial charge in [-0.25, -0.2) is 0 Å². The number of ether oxygens (including phenoxy) is 1. The predicted molar refractivity (Wildman–Crippen MR) is 105 cm³/mol. The molecule has 1 aromatic heterocycles. The van der Waals surface area contributed by atoms with E-state index in [1.165, 1.54) is 12.3 Å². The van der Waals surface area contributed by atoms with Crippen LogP contribution < -0.4 is 15.4 Å². The van der Waals surface area contributed by atoms with E-state index in [9.17, 15) is 9.59 Å². The molecular formula is C22H20N2O4. The summed E-state index contributed by atoms with van der Waals surface area (Å²) >= 11 is 0. The van der Waals surface area contributed by atoms with Crippen LogP contribution in [0.5, 0.6) is 5.75 Å². The Balaban J connectivity index is 1.76. The number of methoxy groups -OCH3 is 1. The van der Waals surface area contributed by atoms with Crippen molar-refractivity contribution in [2.24, 2.45) is 0 Å². The van der Waals surface area contributed by atoms with Gasteiger partial charge in [0.25, 0.3) is 11.8 Å². The smallest absolute Gasteiger partial charge is 0.268 e. The lowest BCUT2D eigenvalue weighted by Gasteiger charge is -2.12. The van der Waals surface area contributed by atoms with Gasteiger partial charge in [-0.1, -0.05) is 36.4 Å². The molecule has 0 saturated heterocycles. The van der Waals surface area contributed by atoms with Crippen LogP contribution in [0.2, 0.25) is 0 Å². The maximum absolute atomic E-state index is 12.7. The molecule has 2 aromatic carbocycles. The molecule has 0 aliphatic heterocycles. The number of amides is 2. The molecule has 1 heterocycles. The molecule has 6 nitrogen and oxygen atoms in total. The average molecular weight is 376 g/mol. The fourth-order valence-corrected chi connectivity index (χ4v) is 2.58. The fraction of sp³-hybridized carbons (Fsp3) is 0.0909. The van der Waals surface area contributed by atoms with E-state index >= 15 is 0 Å². The molecule has 0 aliphatic carbocycles. The zero-order chi connectivity index (χ0) is 19.8. The highest BCUT2D eigenvalue weighted by Gasteiger charge is 2.15. The monoisotopic (exact) mass is 376 g/mol. The number of benzene rings is 2. The number of nitrogens with one attached hydrogen (secondary N) is 2. The molecule has 0 fully saturated rings. The van der Waals surface area contributed by atoms with E-state index < -0.39 is 5.91 Å². The Morgan fingerprint density at radius 3 is 2.46 bits per heavy atom. The van der Waals surface area contributed by atoms with Crippen LogP contribution in [-0.2, 0) is 11.3 Å². The molecule has 142 valence electrons. The molecule has 0 spiro atoms. The van der Waals surface area contributed by atoms with E-state index in [2.05, 4.69) is 10.6 Å². The molecule has 0 unspecified atom stereocenters. The Hall–Kier alpha value is -3.80. The first-order valence-electron chi connectivity index (χ1n) is 8.69. The van der Waals surface area contributed by atoms with Crippen LogP contribution in [-0.4, -0.2) is 18.9 Å². The third-order valence-corrected chi connectivity index (χ3v) is 3.99. The van der Waals surface area contributed by atoms with Crippen molar-refractivity contribution in [1.29, 1.82) is 0 Å². The molecule has 28 heavy (non-hydrogen) atoms. The standard InChI is InChI=1S/C22H20N2O4/c1-27-20-12-6-5-10-17(20)15-23-22(26)19(14-18-11-7-13-28-18)24-21(25)16-8-3-2-4-9-16/h2-14H,15H2,1H3,(H,23,26)(H,24,25). The maximum Gasteiger partial charge on any atom is 0.268 e. The third kappa shape index (κ3) is 4.88. The van der Waals surface area contributed by atoms with E-state index in [1.807, 2.05) is 30.3 Å². The molecule has 2 amide bonds. The number of rotatable bonds is 7. The van der Waals surface area contributed by atoms with Crippen molar-refractivity contribution in [1.82, 2.24) is 10.6 Å². The lowest BCUT2D eigenvalue weighted by molar-refractivity contribution is -0.117. The number of furan rings is 1. The van der Waals surface area contributed by atoms with E-state index in [4.69, 9.17) is 9.15 Å². The van der Waals surface area contributed by atoms with Crippen LogP contribution in [0.4, 0.5) is 0 Å². The third-order valence-electron chi connectivity index (χ3n) is 3.99. The summed E-state index contributed by atoms with van der Waals surface area (Å²) in [6.45, 7) is 0.250. The van der Waals surface area contributed by atoms with Gasteiger partial charge in [-0.3, -0.25) is 9.59 Å². The highest BCUT2D eigenvalue weighted by atomic mass is 16.5. The fourth-order valence-electron chi connectivity index (χ4n) is 2.58. The van der Waals surface area contributed by atoms with Gasteiger partial charge in [-0.2, -0.15) is 0 Å². The zero-order valence-corrected chi connectivity index (χ0v) is 15.3. The number of para-hydroxylation sites is 1. The van der Waals surface area contributed by atoms with Gasteiger partial charge in [0.15, 0.2) is 0 Å². The second-order valence-corrected chi connectivity index (χ2v) is 5.89. The van der Waals surface area contributed by atoms with Gasteiger partial charge in [0.1, 0.15) is 17.2 Å². The molecule has 0 aliphatic rings. The Morgan fingerprint density at radius 2 is 1.75 bits per heavy atom. The van der Waals surface area contributed by atoms with Gasteiger partial charge in [-0.15, -0.1) is 0 Å². The Labute approximate surface area is 162 Å². The van der Waals surface area contributed by atoms with E-state index in [0.29, 0.717) is 17.1 Å². The highest BCUT2D eigenvalue weighted by molar-refractivity contribution is 6.05. The predicted octanol–water partition coefficient (Wildman–Crippen LogP) is 3.38. The number of hydrogen-bond acceptors (Lipinski definition) is 4. The summed E-state index contributed by atoms with van der Waals surface area (Å²) in [5.74, 6) is 0.306.